The van der Waals surface area contributed by atoms with E-state index in [0.717, 1.165) is 17.1 Å². The lowest BCUT2D eigenvalue weighted by molar-refractivity contribution is -0.128. The molecular formula is C20H21N3O4S2. The number of aromatic nitrogens is 2. The number of benzene rings is 1. The number of carbonyl (C=O) groups excluding carboxylic acids is 1. The summed E-state index contributed by atoms with van der Waals surface area (Å²) in [4.78, 5) is 31.5. The minimum absolute atomic E-state index is 0.00736. The minimum Gasteiger partial charge on any atom is -0.486 e. The summed E-state index contributed by atoms with van der Waals surface area (Å²) in [6.07, 6.45) is 0. The van der Waals surface area contributed by atoms with Crippen molar-refractivity contribution in [1.29, 1.82) is 0 Å². The molecule has 29 heavy (non-hydrogen) atoms. The molecule has 9 heteroatoms. The van der Waals surface area contributed by atoms with Crippen LogP contribution in [0.25, 0.3) is 10.2 Å². The molecule has 0 spiro atoms. The average Bonchev–Trinajstić information content (AvgIpc) is 3.22. The topological polar surface area (TPSA) is 73.7 Å². The fourth-order valence-corrected chi connectivity index (χ4v) is 4.78. The Morgan fingerprint density at radius 2 is 2.07 bits per heavy atom. The van der Waals surface area contributed by atoms with Gasteiger partial charge in [0.1, 0.15) is 17.9 Å². The summed E-state index contributed by atoms with van der Waals surface area (Å²) >= 11 is 2.67. The van der Waals surface area contributed by atoms with Gasteiger partial charge in [0.05, 0.1) is 11.3 Å². The molecule has 0 radical (unpaired) electrons. The van der Waals surface area contributed by atoms with Gasteiger partial charge in [-0.05, 0) is 36.1 Å². The molecule has 0 saturated carbocycles. The molecule has 0 aliphatic carbocycles. The van der Waals surface area contributed by atoms with Crippen molar-refractivity contribution in [2.45, 2.75) is 18.6 Å². The lowest BCUT2D eigenvalue weighted by Gasteiger charge is -2.23. The molecule has 0 saturated heterocycles. The van der Waals surface area contributed by atoms with Crippen LogP contribution in [0.5, 0.6) is 11.5 Å². The SMILES string of the molecule is CCN(Cc1ccc2c(c1)OCCO2)C(=O)CSc1nc2ccsc2c(=O)n1C. The lowest BCUT2D eigenvalue weighted by Crippen LogP contribution is -2.32. The molecule has 0 unspecified atom stereocenters. The second kappa shape index (κ2) is 8.46. The van der Waals surface area contributed by atoms with Crippen LogP contribution in [0.1, 0.15) is 12.5 Å². The van der Waals surface area contributed by atoms with Crippen molar-refractivity contribution in [3.05, 3.63) is 45.6 Å². The first-order valence-corrected chi connectivity index (χ1v) is 11.2. The quantitative estimate of drug-likeness (QED) is 0.441. The number of thioether (sulfide) groups is 1. The molecule has 3 heterocycles. The van der Waals surface area contributed by atoms with Crippen molar-refractivity contribution in [2.24, 2.45) is 7.05 Å². The minimum atomic E-state index is -0.0800. The van der Waals surface area contributed by atoms with Crippen LogP contribution in [0.4, 0.5) is 0 Å². The molecule has 1 amide bonds. The summed E-state index contributed by atoms with van der Waals surface area (Å²) in [7, 11) is 1.69. The van der Waals surface area contributed by atoms with Gasteiger partial charge >= 0.3 is 0 Å². The van der Waals surface area contributed by atoms with E-state index in [9.17, 15) is 9.59 Å². The Morgan fingerprint density at radius 1 is 1.28 bits per heavy atom. The number of hydrogen-bond acceptors (Lipinski definition) is 7. The Hall–Kier alpha value is -2.52. The summed E-state index contributed by atoms with van der Waals surface area (Å²) in [5.41, 5.74) is 1.58. The second-order valence-electron chi connectivity index (χ2n) is 6.57. The summed E-state index contributed by atoms with van der Waals surface area (Å²) in [5.74, 6) is 1.66. The van der Waals surface area contributed by atoms with Crippen molar-refractivity contribution in [3.8, 4) is 11.5 Å². The highest BCUT2D eigenvalue weighted by molar-refractivity contribution is 7.99. The summed E-state index contributed by atoms with van der Waals surface area (Å²) in [6, 6.07) is 7.58. The normalized spacial score (nSPS) is 12.9. The van der Waals surface area contributed by atoms with Crippen LogP contribution in [0, 0.1) is 0 Å². The molecule has 0 atom stereocenters. The van der Waals surface area contributed by atoms with E-state index in [0.29, 0.717) is 41.7 Å². The monoisotopic (exact) mass is 431 g/mol. The molecule has 1 aromatic carbocycles. The standard InChI is InChI=1S/C20H21N3O4S2/c1-3-23(11-13-4-5-15-16(10-13)27-8-7-26-15)17(24)12-29-20-21-14-6-9-28-18(14)19(25)22(20)2/h4-6,9-10H,3,7-8,11-12H2,1-2H3. The number of rotatable bonds is 6. The average molecular weight is 432 g/mol. The Labute approximate surface area is 176 Å². The molecule has 4 rings (SSSR count). The maximum atomic E-state index is 12.8. The van der Waals surface area contributed by atoms with Crippen molar-refractivity contribution >= 4 is 39.2 Å². The zero-order valence-electron chi connectivity index (χ0n) is 16.2. The third kappa shape index (κ3) is 4.11. The van der Waals surface area contributed by atoms with Gasteiger partial charge in [0.25, 0.3) is 5.56 Å². The van der Waals surface area contributed by atoms with E-state index in [1.807, 2.05) is 36.6 Å². The largest absolute Gasteiger partial charge is 0.486 e. The van der Waals surface area contributed by atoms with Crippen LogP contribution in [0.3, 0.4) is 0 Å². The van der Waals surface area contributed by atoms with Crippen molar-refractivity contribution in [1.82, 2.24) is 14.5 Å². The van der Waals surface area contributed by atoms with Crippen molar-refractivity contribution in [3.63, 3.8) is 0 Å². The van der Waals surface area contributed by atoms with Gasteiger partial charge in [0.2, 0.25) is 5.91 Å². The number of carbonyl (C=O) groups is 1. The second-order valence-corrected chi connectivity index (χ2v) is 8.43. The van der Waals surface area contributed by atoms with E-state index in [2.05, 4.69) is 4.98 Å². The number of fused-ring (bicyclic) bond motifs is 2. The maximum absolute atomic E-state index is 12.8. The molecule has 1 aliphatic heterocycles. The summed E-state index contributed by atoms with van der Waals surface area (Å²) in [5, 5.41) is 2.40. The fourth-order valence-electron chi connectivity index (χ4n) is 3.10. The number of ether oxygens (including phenoxy) is 2. The van der Waals surface area contributed by atoms with Crippen molar-refractivity contribution in [2.75, 3.05) is 25.5 Å². The number of hydrogen-bond donors (Lipinski definition) is 0. The van der Waals surface area contributed by atoms with Gasteiger partial charge in [-0.15, -0.1) is 11.3 Å². The van der Waals surface area contributed by atoms with Gasteiger partial charge in [-0.1, -0.05) is 17.8 Å². The van der Waals surface area contributed by atoms with E-state index >= 15 is 0 Å². The number of amides is 1. The Balaban J connectivity index is 1.44. The van der Waals surface area contributed by atoms with Gasteiger partial charge < -0.3 is 14.4 Å². The Bertz CT molecular complexity index is 1110. The first kappa shape index (κ1) is 19.8. The van der Waals surface area contributed by atoms with E-state index in [1.54, 1.807) is 11.9 Å². The summed E-state index contributed by atoms with van der Waals surface area (Å²) in [6.45, 7) is 4.11. The van der Waals surface area contributed by atoms with Gasteiger partial charge in [-0.25, -0.2) is 4.98 Å². The van der Waals surface area contributed by atoms with Gasteiger partial charge in [-0.3, -0.25) is 14.2 Å². The third-order valence-electron chi connectivity index (χ3n) is 4.69. The first-order chi connectivity index (χ1) is 14.1. The van der Waals surface area contributed by atoms with Gasteiger partial charge in [0.15, 0.2) is 16.7 Å². The molecule has 2 aromatic heterocycles. The van der Waals surface area contributed by atoms with E-state index in [1.165, 1.54) is 27.7 Å². The number of nitrogens with zero attached hydrogens (tertiary/aromatic N) is 3. The van der Waals surface area contributed by atoms with Crippen LogP contribution in [0.2, 0.25) is 0 Å². The van der Waals surface area contributed by atoms with Crippen LogP contribution >= 0.6 is 23.1 Å². The van der Waals surface area contributed by atoms with Crippen molar-refractivity contribution < 1.29 is 14.3 Å². The van der Waals surface area contributed by atoms with E-state index in [4.69, 9.17) is 9.47 Å². The Morgan fingerprint density at radius 3 is 2.86 bits per heavy atom. The molecular weight excluding hydrogens is 410 g/mol. The molecule has 0 N–H and O–H groups in total. The molecule has 0 fully saturated rings. The van der Waals surface area contributed by atoms with E-state index < -0.39 is 0 Å². The van der Waals surface area contributed by atoms with Crippen LogP contribution in [0.15, 0.2) is 39.6 Å². The smallest absolute Gasteiger partial charge is 0.271 e. The Kier molecular flexibility index (Phi) is 5.77. The van der Waals surface area contributed by atoms with Crippen LogP contribution in [-0.2, 0) is 18.4 Å². The van der Waals surface area contributed by atoms with Crippen LogP contribution < -0.4 is 15.0 Å². The predicted octanol–water partition coefficient (Wildman–Crippen LogP) is 2.91. The molecule has 1 aliphatic rings. The van der Waals surface area contributed by atoms with E-state index in [-0.39, 0.29) is 17.2 Å². The fraction of sp³-hybridized carbons (Fsp3) is 0.350. The van der Waals surface area contributed by atoms with Crippen LogP contribution in [-0.4, -0.2) is 45.9 Å². The number of thiophene rings is 1. The highest BCUT2D eigenvalue weighted by Gasteiger charge is 2.17. The lowest BCUT2D eigenvalue weighted by atomic mass is 10.2. The predicted molar refractivity (Wildman–Crippen MR) is 114 cm³/mol. The maximum Gasteiger partial charge on any atom is 0.271 e. The molecule has 0 bridgehead atoms. The third-order valence-corrected chi connectivity index (χ3v) is 6.59. The highest BCUT2D eigenvalue weighted by Crippen LogP contribution is 2.31. The highest BCUT2D eigenvalue weighted by atomic mass is 32.2. The van der Waals surface area contributed by atoms with Gasteiger partial charge in [0, 0.05) is 20.1 Å². The first-order valence-electron chi connectivity index (χ1n) is 9.30. The zero-order chi connectivity index (χ0) is 20.4. The molecule has 3 aromatic rings. The zero-order valence-corrected chi connectivity index (χ0v) is 17.8. The molecule has 7 nitrogen and oxygen atoms in total. The van der Waals surface area contributed by atoms with Gasteiger partial charge in [-0.2, -0.15) is 0 Å². The summed E-state index contributed by atoms with van der Waals surface area (Å²) < 4.78 is 13.3. The molecule has 152 valence electrons.